The van der Waals surface area contributed by atoms with Gasteiger partial charge in [0, 0.05) is 26.2 Å². The molecule has 19 heavy (non-hydrogen) atoms. The molecule has 0 saturated carbocycles. The van der Waals surface area contributed by atoms with Crippen LogP contribution >= 0.6 is 0 Å². The highest BCUT2D eigenvalue weighted by Gasteiger charge is 2.25. The average molecular weight is 272 g/mol. The van der Waals surface area contributed by atoms with Crippen molar-refractivity contribution in [2.24, 2.45) is 0 Å². The molecule has 4 nitrogen and oxygen atoms in total. The van der Waals surface area contributed by atoms with Crippen LogP contribution in [0, 0.1) is 0 Å². The Morgan fingerprint density at radius 2 is 1.63 bits per heavy atom. The van der Waals surface area contributed by atoms with Crippen LogP contribution in [0.25, 0.3) is 0 Å². The number of nitrogens with zero attached hydrogens (tertiary/aromatic N) is 2. The molecule has 1 heterocycles. The van der Waals surface area contributed by atoms with Gasteiger partial charge in [-0.25, -0.2) is 4.79 Å². The predicted molar refractivity (Wildman–Crippen MR) is 80.5 cm³/mol. The lowest BCUT2D eigenvalue weighted by Gasteiger charge is -2.35. The van der Waals surface area contributed by atoms with Gasteiger partial charge in [-0.3, -0.25) is 4.90 Å². The van der Waals surface area contributed by atoms with Gasteiger partial charge in [0.15, 0.2) is 0 Å². The fourth-order valence-electron chi connectivity index (χ4n) is 1.86. The van der Waals surface area contributed by atoms with E-state index in [0.29, 0.717) is 0 Å². The highest BCUT2D eigenvalue weighted by Crippen LogP contribution is 2.12. The molecule has 0 bridgehead atoms. The Bertz CT molecular complexity index is 241. The van der Waals surface area contributed by atoms with E-state index in [4.69, 9.17) is 4.74 Å². The maximum atomic E-state index is 11.8. The fraction of sp³-hybridized carbons (Fsp3) is 0.933. The number of hydrogen-bond donors (Lipinski definition) is 0. The normalized spacial score (nSPS) is 16.6. The van der Waals surface area contributed by atoms with Crippen molar-refractivity contribution < 1.29 is 9.53 Å². The van der Waals surface area contributed by atoms with Crippen LogP contribution < -0.4 is 0 Å². The van der Waals surface area contributed by atoms with Gasteiger partial charge in [0.05, 0.1) is 0 Å². The minimum Gasteiger partial charge on any atom is -0.444 e. The summed E-state index contributed by atoms with van der Waals surface area (Å²) in [5, 5.41) is 0. The highest BCUT2D eigenvalue weighted by atomic mass is 16.6. The smallest absolute Gasteiger partial charge is 0.410 e. The molecule has 0 unspecified atom stereocenters. The fourth-order valence-corrected chi connectivity index (χ4v) is 1.86. The van der Waals surface area contributed by atoms with Crippen LogP contribution in [0.15, 0.2) is 0 Å². The Morgan fingerprint density at radius 3 is 2.05 bits per heavy atom. The van der Waals surface area contributed by atoms with E-state index in [1.165, 1.54) is 12.8 Å². The molecule has 1 fully saturated rings. The van der Waals surface area contributed by atoms with Gasteiger partial charge in [0.1, 0.15) is 5.60 Å². The number of carbonyl (C=O) groups excluding carboxylic acids is 1. The number of hydrogen-bond acceptors (Lipinski definition) is 3. The molecular weight excluding hydrogens is 240 g/mol. The third-order valence-electron chi connectivity index (χ3n) is 2.85. The maximum Gasteiger partial charge on any atom is 0.410 e. The summed E-state index contributed by atoms with van der Waals surface area (Å²) in [6.45, 7) is 16.6. The number of carbonyl (C=O) groups is 1. The van der Waals surface area contributed by atoms with E-state index in [0.717, 1.165) is 32.7 Å². The van der Waals surface area contributed by atoms with Crippen molar-refractivity contribution >= 4 is 6.09 Å². The Labute approximate surface area is 119 Å². The monoisotopic (exact) mass is 272 g/mol. The zero-order valence-electron chi connectivity index (χ0n) is 13.7. The van der Waals surface area contributed by atoms with E-state index < -0.39 is 5.60 Å². The molecule has 0 aliphatic carbocycles. The summed E-state index contributed by atoms with van der Waals surface area (Å²) in [5.74, 6) is 0. The molecule has 1 saturated heterocycles. The lowest BCUT2D eigenvalue weighted by Crippen LogP contribution is -2.50. The van der Waals surface area contributed by atoms with Gasteiger partial charge in [0.25, 0.3) is 0 Å². The van der Waals surface area contributed by atoms with Gasteiger partial charge >= 0.3 is 6.09 Å². The maximum absolute atomic E-state index is 11.8. The number of piperazine rings is 1. The largest absolute Gasteiger partial charge is 0.444 e. The van der Waals surface area contributed by atoms with Crippen LogP contribution in [0.4, 0.5) is 4.79 Å². The highest BCUT2D eigenvalue weighted by molar-refractivity contribution is 5.68. The molecule has 0 aromatic rings. The molecule has 0 radical (unpaired) electrons. The van der Waals surface area contributed by atoms with Crippen LogP contribution in [0.3, 0.4) is 0 Å². The van der Waals surface area contributed by atoms with Gasteiger partial charge in [-0.05, 0) is 33.7 Å². The Kier molecular flexibility index (Phi) is 8.81. The van der Waals surface area contributed by atoms with Gasteiger partial charge in [-0.15, -0.1) is 0 Å². The van der Waals surface area contributed by atoms with E-state index in [9.17, 15) is 4.79 Å². The first-order valence-electron chi connectivity index (χ1n) is 7.62. The molecule has 0 aromatic heterocycles. The van der Waals surface area contributed by atoms with Crippen molar-refractivity contribution in [1.82, 2.24) is 9.80 Å². The van der Waals surface area contributed by atoms with Gasteiger partial charge in [0.2, 0.25) is 0 Å². The lowest BCUT2D eigenvalue weighted by atomic mass is 10.2. The molecule has 0 spiro atoms. The van der Waals surface area contributed by atoms with E-state index >= 15 is 0 Å². The van der Waals surface area contributed by atoms with Gasteiger partial charge in [-0.1, -0.05) is 27.2 Å². The second kappa shape index (κ2) is 9.18. The van der Waals surface area contributed by atoms with Crippen molar-refractivity contribution in [2.45, 2.75) is 60.0 Å². The summed E-state index contributed by atoms with van der Waals surface area (Å²) in [6, 6.07) is 0. The summed E-state index contributed by atoms with van der Waals surface area (Å²) in [4.78, 5) is 16.1. The van der Waals surface area contributed by atoms with Crippen molar-refractivity contribution in [3.63, 3.8) is 0 Å². The predicted octanol–water partition coefficient (Wildman–Crippen LogP) is 3.37. The van der Waals surface area contributed by atoms with Crippen LogP contribution in [-0.2, 0) is 4.74 Å². The van der Waals surface area contributed by atoms with Crippen molar-refractivity contribution in [3.8, 4) is 0 Å². The quantitative estimate of drug-likeness (QED) is 0.789. The van der Waals surface area contributed by atoms with E-state index in [2.05, 4.69) is 11.8 Å². The molecule has 0 atom stereocenters. The zero-order valence-corrected chi connectivity index (χ0v) is 13.7. The van der Waals surface area contributed by atoms with E-state index in [-0.39, 0.29) is 6.09 Å². The van der Waals surface area contributed by atoms with Crippen LogP contribution in [-0.4, -0.2) is 54.2 Å². The summed E-state index contributed by atoms with van der Waals surface area (Å²) < 4.78 is 5.36. The van der Waals surface area contributed by atoms with Crippen LogP contribution in [0.2, 0.25) is 0 Å². The second-order valence-corrected chi connectivity index (χ2v) is 5.66. The molecule has 0 N–H and O–H groups in total. The summed E-state index contributed by atoms with van der Waals surface area (Å²) in [5.41, 5.74) is -0.392. The summed E-state index contributed by atoms with van der Waals surface area (Å²) in [6.07, 6.45) is 2.30. The Balaban J connectivity index is 0.00000154. The molecule has 0 aromatic carbocycles. The summed E-state index contributed by atoms with van der Waals surface area (Å²) in [7, 11) is 0. The molecule has 114 valence electrons. The minimum absolute atomic E-state index is 0.173. The Morgan fingerprint density at radius 1 is 1.11 bits per heavy atom. The van der Waals surface area contributed by atoms with E-state index in [1.807, 2.05) is 39.5 Å². The topological polar surface area (TPSA) is 32.8 Å². The molecular formula is C15H32N2O2. The first-order chi connectivity index (χ1) is 8.92. The first kappa shape index (κ1) is 18.2. The van der Waals surface area contributed by atoms with Gasteiger partial charge in [-0.2, -0.15) is 0 Å². The average Bonchev–Trinajstić information content (AvgIpc) is 2.37. The standard InChI is InChI=1S/C13H26N2O2.C2H6/c1-5-6-7-14-8-10-15(11-9-14)12(16)17-13(2,3)4;1-2/h5-11H2,1-4H3;1-2H3. The molecule has 1 aliphatic rings. The molecule has 1 aliphatic heterocycles. The van der Waals surface area contributed by atoms with Crippen molar-refractivity contribution in [2.75, 3.05) is 32.7 Å². The van der Waals surface area contributed by atoms with Crippen molar-refractivity contribution in [3.05, 3.63) is 0 Å². The minimum atomic E-state index is -0.392. The summed E-state index contributed by atoms with van der Waals surface area (Å²) >= 11 is 0. The van der Waals surface area contributed by atoms with Gasteiger partial charge < -0.3 is 9.64 Å². The SMILES string of the molecule is CC.CCCCN1CCN(C(=O)OC(C)(C)C)CC1. The molecule has 1 amide bonds. The third-order valence-corrected chi connectivity index (χ3v) is 2.85. The van der Waals surface area contributed by atoms with Crippen LogP contribution in [0.1, 0.15) is 54.4 Å². The number of rotatable bonds is 3. The first-order valence-corrected chi connectivity index (χ1v) is 7.62. The molecule has 4 heteroatoms. The number of amides is 1. The zero-order chi connectivity index (χ0) is 14.9. The van der Waals surface area contributed by atoms with E-state index in [1.54, 1.807) is 0 Å². The Hall–Kier alpha value is -0.770. The van der Waals surface area contributed by atoms with Crippen molar-refractivity contribution in [1.29, 1.82) is 0 Å². The lowest BCUT2D eigenvalue weighted by molar-refractivity contribution is 0.0144. The molecule has 1 rings (SSSR count). The van der Waals surface area contributed by atoms with Crippen LogP contribution in [0.5, 0.6) is 0 Å². The number of ether oxygens (including phenoxy) is 1. The third kappa shape index (κ3) is 8.09. The second-order valence-electron chi connectivity index (χ2n) is 5.66. The number of unbranched alkanes of at least 4 members (excludes halogenated alkanes) is 1.